The molecule has 5 heteroatoms. The van der Waals surface area contributed by atoms with Crippen molar-refractivity contribution in [1.82, 2.24) is 4.98 Å². The van der Waals surface area contributed by atoms with E-state index in [2.05, 4.69) is 4.98 Å². The van der Waals surface area contributed by atoms with Crippen molar-refractivity contribution < 1.29 is 9.34 Å². The van der Waals surface area contributed by atoms with Crippen LogP contribution < -0.4 is 0 Å². The highest BCUT2D eigenvalue weighted by atomic mass is 16.6. The van der Waals surface area contributed by atoms with Gasteiger partial charge in [-0.05, 0) is 12.5 Å². The largest absolute Gasteiger partial charge is 0.444 e. The van der Waals surface area contributed by atoms with Crippen molar-refractivity contribution in [3.8, 4) is 11.3 Å². The van der Waals surface area contributed by atoms with E-state index in [0.29, 0.717) is 11.3 Å². The lowest BCUT2D eigenvalue weighted by Gasteiger charge is -2.00. The molecule has 76 valence electrons. The van der Waals surface area contributed by atoms with Gasteiger partial charge in [-0.25, -0.2) is 4.98 Å². The van der Waals surface area contributed by atoms with Crippen LogP contribution in [0.4, 0.5) is 5.69 Å². The maximum absolute atomic E-state index is 10.6. The normalized spacial score (nSPS) is 10.2. The summed E-state index contributed by atoms with van der Waals surface area (Å²) >= 11 is 0. The van der Waals surface area contributed by atoms with Gasteiger partial charge in [-0.3, -0.25) is 10.1 Å². The van der Waals surface area contributed by atoms with E-state index in [9.17, 15) is 10.1 Å². The molecule has 0 aliphatic heterocycles. The molecule has 0 atom stereocenters. The number of aromatic nitrogens is 1. The molecule has 0 N–H and O–H groups in total. The van der Waals surface area contributed by atoms with Crippen LogP contribution in [0.15, 0.2) is 35.2 Å². The molecule has 0 radical (unpaired) electrons. The Balaban J connectivity index is 2.55. The Morgan fingerprint density at radius 2 is 2.27 bits per heavy atom. The maximum Gasteiger partial charge on any atom is 0.270 e. The third kappa shape index (κ3) is 1.71. The molecule has 0 fully saturated rings. The Morgan fingerprint density at radius 1 is 1.47 bits per heavy atom. The zero-order valence-corrected chi connectivity index (χ0v) is 8.01. The van der Waals surface area contributed by atoms with Gasteiger partial charge in [0.15, 0.2) is 12.2 Å². The van der Waals surface area contributed by atoms with Crippen molar-refractivity contribution in [1.29, 1.82) is 0 Å². The molecule has 2 rings (SSSR count). The molecule has 1 aromatic heterocycles. The Morgan fingerprint density at radius 3 is 2.87 bits per heavy atom. The zero-order chi connectivity index (χ0) is 10.8. The Kier molecular flexibility index (Phi) is 2.21. The predicted octanol–water partition coefficient (Wildman–Crippen LogP) is 2.56. The van der Waals surface area contributed by atoms with Gasteiger partial charge in [-0.1, -0.05) is 6.07 Å². The summed E-state index contributed by atoms with van der Waals surface area (Å²) in [7, 11) is 0. The number of nitro groups is 1. The molecule has 0 aliphatic rings. The Labute approximate surface area is 85.5 Å². The second kappa shape index (κ2) is 3.53. The molecular weight excluding hydrogens is 196 g/mol. The highest BCUT2D eigenvalue weighted by Gasteiger charge is 2.11. The summed E-state index contributed by atoms with van der Waals surface area (Å²) < 4.78 is 5.10. The number of aryl methyl sites for hydroxylation is 1. The van der Waals surface area contributed by atoms with Crippen molar-refractivity contribution in [2.45, 2.75) is 6.92 Å². The molecule has 2 aromatic rings. The molecule has 0 spiro atoms. The summed E-state index contributed by atoms with van der Waals surface area (Å²) in [4.78, 5) is 13.9. The molecule has 0 saturated carbocycles. The van der Waals surface area contributed by atoms with Crippen molar-refractivity contribution in [3.63, 3.8) is 0 Å². The van der Waals surface area contributed by atoms with Crippen LogP contribution in [-0.2, 0) is 0 Å². The number of nitro benzene ring substituents is 1. The first-order valence-corrected chi connectivity index (χ1v) is 4.32. The van der Waals surface area contributed by atoms with Gasteiger partial charge >= 0.3 is 0 Å². The fourth-order valence-electron chi connectivity index (χ4n) is 1.34. The van der Waals surface area contributed by atoms with Crippen LogP contribution in [0.5, 0.6) is 0 Å². The molecule has 0 saturated heterocycles. The molecule has 0 aliphatic carbocycles. The van der Waals surface area contributed by atoms with Gasteiger partial charge < -0.3 is 4.42 Å². The van der Waals surface area contributed by atoms with Crippen molar-refractivity contribution in [2.24, 2.45) is 0 Å². The van der Waals surface area contributed by atoms with E-state index in [0.717, 1.165) is 5.56 Å². The monoisotopic (exact) mass is 204 g/mol. The molecule has 1 heterocycles. The van der Waals surface area contributed by atoms with Crippen LogP contribution in [0, 0.1) is 17.0 Å². The molecular formula is C10H8N2O3. The van der Waals surface area contributed by atoms with Gasteiger partial charge in [0.25, 0.3) is 5.69 Å². The minimum absolute atomic E-state index is 0.0481. The molecule has 0 amide bonds. The van der Waals surface area contributed by atoms with E-state index in [4.69, 9.17) is 4.42 Å². The fraction of sp³-hybridized carbons (Fsp3) is 0.100. The van der Waals surface area contributed by atoms with Crippen molar-refractivity contribution in [3.05, 3.63) is 46.5 Å². The highest BCUT2D eigenvalue weighted by molar-refractivity contribution is 5.64. The van der Waals surface area contributed by atoms with Crippen LogP contribution in [0.3, 0.4) is 0 Å². The number of oxazole rings is 1. The summed E-state index contributed by atoms with van der Waals surface area (Å²) in [5.74, 6) is 0.538. The van der Waals surface area contributed by atoms with E-state index in [1.807, 2.05) is 6.92 Å². The summed E-state index contributed by atoms with van der Waals surface area (Å²) in [6.07, 6.45) is 2.83. The SMILES string of the molecule is Cc1ccc([N+](=O)[O-])cc1-c1cnco1. The number of nitrogens with zero attached hydrogens (tertiary/aromatic N) is 2. The standard InChI is InChI=1S/C10H8N2O3/c1-7-2-3-8(12(13)14)4-9(7)10-5-11-6-15-10/h2-6H,1H3. The summed E-state index contributed by atoms with van der Waals surface area (Å²) in [5, 5.41) is 10.6. The number of rotatable bonds is 2. The van der Waals surface area contributed by atoms with E-state index in [1.165, 1.54) is 24.7 Å². The van der Waals surface area contributed by atoms with Crippen LogP contribution in [0.1, 0.15) is 5.56 Å². The van der Waals surface area contributed by atoms with Crippen molar-refractivity contribution in [2.75, 3.05) is 0 Å². The third-order valence-electron chi connectivity index (χ3n) is 2.13. The van der Waals surface area contributed by atoms with Gasteiger partial charge in [0.2, 0.25) is 0 Å². The van der Waals surface area contributed by atoms with Gasteiger partial charge in [0, 0.05) is 17.7 Å². The topological polar surface area (TPSA) is 69.2 Å². The summed E-state index contributed by atoms with van der Waals surface area (Å²) in [6.45, 7) is 1.86. The first-order valence-electron chi connectivity index (χ1n) is 4.32. The maximum atomic E-state index is 10.6. The molecule has 5 nitrogen and oxygen atoms in total. The van der Waals surface area contributed by atoms with E-state index >= 15 is 0 Å². The van der Waals surface area contributed by atoms with Gasteiger partial charge in [-0.2, -0.15) is 0 Å². The van der Waals surface area contributed by atoms with E-state index in [1.54, 1.807) is 6.07 Å². The smallest absolute Gasteiger partial charge is 0.270 e. The first-order chi connectivity index (χ1) is 7.18. The number of benzene rings is 1. The lowest BCUT2D eigenvalue weighted by atomic mass is 10.1. The lowest BCUT2D eigenvalue weighted by Crippen LogP contribution is -1.89. The third-order valence-corrected chi connectivity index (χ3v) is 2.13. The Hall–Kier alpha value is -2.17. The number of non-ortho nitro benzene ring substituents is 1. The van der Waals surface area contributed by atoms with Crippen LogP contribution in [-0.4, -0.2) is 9.91 Å². The average molecular weight is 204 g/mol. The number of hydrogen-bond donors (Lipinski definition) is 0. The molecule has 0 unspecified atom stereocenters. The van der Waals surface area contributed by atoms with Crippen molar-refractivity contribution >= 4 is 5.69 Å². The summed E-state index contributed by atoms with van der Waals surface area (Å²) in [5.41, 5.74) is 1.66. The second-order valence-corrected chi connectivity index (χ2v) is 3.12. The molecule has 15 heavy (non-hydrogen) atoms. The van der Waals surface area contributed by atoms with Crippen LogP contribution in [0.2, 0.25) is 0 Å². The second-order valence-electron chi connectivity index (χ2n) is 3.12. The van der Waals surface area contributed by atoms with Gasteiger partial charge in [-0.15, -0.1) is 0 Å². The molecule has 1 aromatic carbocycles. The van der Waals surface area contributed by atoms with Gasteiger partial charge in [0.05, 0.1) is 11.1 Å². The first kappa shape index (κ1) is 9.39. The van der Waals surface area contributed by atoms with Gasteiger partial charge in [0.1, 0.15) is 0 Å². The molecule has 0 bridgehead atoms. The minimum Gasteiger partial charge on any atom is -0.444 e. The van der Waals surface area contributed by atoms with E-state index in [-0.39, 0.29) is 5.69 Å². The summed E-state index contributed by atoms with van der Waals surface area (Å²) in [6, 6.07) is 4.64. The average Bonchev–Trinajstić information content (AvgIpc) is 2.71. The lowest BCUT2D eigenvalue weighted by molar-refractivity contribution is -0.384. The Bertz CT molecular complexity index is 491. The highest BCUT2D eigenvalue weighted by Crippen LogP contribution is 2.26. The predicted molar refractivity (Wildman–Crippen MR) is 53.3 cm³/mol. The quantitative estimate of drug-likeness (QED) is 0.556. The van der Waals surface area contributed by atoms with E-state index < -0.39 is 4.92 Å². The minimum atomic E-state index is -0.431. The van der Waals surface area contributed by atoms with Crippen LogP contribution in [0.25, 0.3) is 11.3 Å². The van der Waals surface area contributed by atoms with Crippen LogP contribution >= 0.6 is 0 Å². The zero-order valence-electron chi connectivity index (χ0n) is 8.01. The fourth-order valence-corrected chi connectivity index (χ4v) is 1.34. The number of hydrogen-bond acceptors (Lipinski definition) is 4.